The zero-order chi connectivity index (χ0) is 15.0. The lowest BCUT2D eigenvalue weighted by Crippen LogP contribution is -2.68. The van der Waals surface area contributed by atoms with Crippen LogP contribution in [0.25, 0.3) is 0 Å². The van der Waals surface area contributed by atoms with Gasteiger partial charge in [0.15, 0.2) is 0 Å². The number of carbonyl (C=O) groups excluding carboxylic acids is 2. The summed E-state index contributed by atoms with van der Waals surface area (Å²) in [6.07, 6.45) is 6.02. The summed E-state index contributed by atoms with van der Waals surface area (Å²) in [7, 11) is 0. The number of rotatable bonds is 3. The van der Waals surface area contributed by atoms with Crippen LogP contribution in [0.15, 0.2) is 6.20 Å². The molecular weight excluding hydrogens is 286 g/mol. The van der Waals surface area contributed by atoms with Crippen molar-refractivity contribution in [3.05, 3.63) is 16.1 Å². The summed E-state index contributed by atoms with van der Waals surface area (Å²) in [6.45, 7) is 4.40. The first-order valence-electron chi connectivity index (χ1n) is 7.60. The fourth-order valence-corrected chi connectivity index (χ4v) is 4.28. The molecule has 1 saturated heterocycles. The Labute approximate surface area is 128 Å². The van der Waals surface area contributed by atoms with Gasteiger partial charge in [0.2, 0.25) is 11.8 Å². The Balaban J connectivity index is 1.89. The number of nitrogens with one attached hydrogen (secondary N) is 1. The monoisotopic (exact) mass is 307 g/mol. The molecule has 0 aromatic carbocycles. The molecular formula is C15H21N3O2S. The molecule has 1 N–H and O–H groups in total. The topological polar surface area (TPSA) is 62.3 Å². The molecule has 2 amide bonds. The fourth-order valence-electron chi connectivity index (χ4n) is 3.48. The first kappa shape index (κ1) is 14.5. The maximum Gasteiger partial charge on any atom is 0.249 e. The van der Waals surface area contributed by atoms with Crippen molar-refractivity contribution >= 4 is 23.2 Å². The summed E-state index contributed by atoms with van der Waals surface area (Å²) in [6, 6.07) is -0.355. The molecule has 3 rings (SSSR count). The van der Waals surface area contributed by atoms with E-state index >= 15 is 0 Å². The number of piperazine rings is 1. The average Bonchev–Trinajstić information content (AvgIpc) is 3.06. The molecule has 1 atom stereocenters. The Kier molecular flexibility index (Phi) is 3.73. The quantitative estimate of drug-likeness (QED) is 0.929. The highest BCUT2D eigenvalue weighted by molar-refractivity contribution is 7.11. The summed E-state index contributed by atoms with van der Waals surface area (Å²) >= 11 is 1.59. The van der Waals surface area contributed by atoms with Crippen LogP contribution >= 0.6 is 11.3 Å². The lowest BCUT2D eigenvalue weighted by atomic mass is 9.90. The van der Waals surface area contributed by atoms with E-state index in [-0.39, 0.29) is 17.9 Å². The summed E-state index contributed by atoms with van der Waals surface area (Å²) in [5.74, 6) is 0.0951. The van der Waals surface area contributed by atoms with E-state index in [1.165, 1.54) is 0 Å². The van der Waals surface area contributed by atoms with Crippen LogP contribution in [-0.2, 0) is 16.1 Å². The molecule has 5 nitrogen and oxygen atoms in total. The van der Waals surface area contributed by atoms with Gasteiger partial charge >= 0.3 is 0 Å². The van der Waals surface area contributed by atoms with Gasteiger partial charge < -0.3 is 10.2 Å². The van der Waals surface area contributed by atoms with Crippen LogP contribution in [0.3, 0.4) is 0 Å². The highest BCUT2D eigenvalue weighted by Crippen LogP contribution is 2.36. The molecule has 1 spiro atoms. The van der Waals surface area contributed by atoms with Crippen molar-refractivity contribution in [2.75, 3.05) is 0 Å². The predicted octanol–water partition coefficient (Wildman–Crippen LogP) is 2.00. The number of nitrogens with zero attached hydrogens (tertiary/aromatic N) is 2. The normalized spacial score (nSPS) is 24.7. The average molecular weight is 307 g/mol. The smallest absolute Gasteiger partial charge is 0.249 e. The van der Waals surface area contributed by atoms with Crippen LogP contribution in [0.5, 0.6) is 0 Å². The van der Waals surface area contributed by atoms with E-state index in [9.17, 15) is 9.59 Å². The molecule has 2 heterocycles. The molecule has 1 aliphatic heterocycles. The second-order valence-corrected chi connectivity index (χ2v) is 7.30. The zero-order valence-corrected chi connectivity index (χ0v) is 13.3. The molecule has 0 radical (unpaired) electrons. The van der Waals surface area contributed by atoms with E-state index in [2.05, 4.69) is 10.3 Å². The van der Waals surface area contributed by atoms with E-state index in [0.29, 0.717) is 13.0 Å². The Bertz CT molecular complexity index is 563. The van der Waals surface area contributed by atoms with Gasteiger partial charge in [-0.1, -0.05) is 19.8 Å². The fraction of sp³-hybridized carbons (Fsp3) is 0.667. The van der Waals surface area contributed by atoms with Gasteiger partial charge in [0.05, 0.1) is 11.6 Å². The second kappa shape index (κ2) is 5.40. The van der Waals surface area contributed by atoms with Crippen molar-refractivity contribution in [1.82, 2.24) is 15.2 Å². The number of hydrogen-bond acceptors (Lipinski definition) is 4. The maximum absolute atomic E-state index is 13.0. The van der Waals surface area contributed by atoms with Gasteiger partial charge in [0.1, 0.15) is 11.6 Å². The number of carbonyl (C=O) groups is 2. The minimum absolute atomic E-state index is 0.000220. The van der Waals surface area contributed by atoms with E-state index in [1.54, 1.807) is 16.2 Å². The van der Waals surface area contributed by atoms with Gasteiger partial charge in [-0.05, 0) is 26.2 Å². The Morgan fingerprint density at radius 3 is 2.71 bits per heavy atom. The molecule has 0 bridgehead atoms. The minimum atomic E-state index is -0.636. The van der Waals surface area contributed by atoms with Gasteiger partial charge in [-0.15, -0.1) is 11.3 Å². The molecule has 1 aromatic rings. The lowest BCUT2D eigenvalue weighted by molar-refractivity contribution is -0.155. The predicted molar refractivity (Wildman–Crippen MR) is 80.8 cm³/mol. The first-order chi connectivity index (χ1) is 10.1. The zero-order valence-electron chi connectivity index (χ0n) is 12.5. The van der Waals surface area contributed by atoms with E-state index in [0.717, 1.165) is 35.6 Å². The first-order valence-corrected chi connectivity index (χ1v) is 8.42. The number of aromatic nitrogens is 1. The lowest BCUT2D eigenvalue weighted by Gasteiger charge is -2.44. The Morgan fingerprint density at radius 2 is 2.14 bits per heavy atom. The van der Waals surface area contributed by atoms with Crippen molar-refractivity contribution in [1.29, 1.82) is 0 Å². The highest BCUT2D eigenvalue weighted by atomic mass is 32.1. The van der Waals surface area contributed by atoms with Crippen LogP contribution in [0, 0.1) is 6.92 Å². The Hall–Kier alpha value is -1.43. The largest absolute Gasteiger partial charge is 0.340 e. The number of aryl methyl sites for hydroxylation is 1. The molecule has 114 valence electrons. The summed E-state index contributed by atoms with van der Waals surface area (Å²) in [4.78, 5) is 32.5. The van der Waals surface area contributed by atoms with Gasteiger partial charge in [0.25, 0.3) is 0 Å². The molecule has 21 heavy (non-hydrogen) atoms. The Morgan fingerprint density at radius 1 is 1.43 bits per heavy atom. The number of amides is 2. The van der Waals surface area contributed by atoms with Crippen LogP contribution in [0.4, 0.5) is 0 Å². The number of thiazole rings is 1. The molecule has 1 unspecified atom stereocenters. The molecule has 1 saturated carbocycles. The molecule has 2 aliphatic rings. The van der Waals surface area contributed by atoms with Crippen molar-refractivity contribution in [2.24, 2.45) is 0 Å². The third-order valence-electron chi connectivity index (χ3n) is 4.55. The molecule has 6 heteroatoms. The minimum Gasteiger partial charge on any atom is -0.340 e. The van der Waals surface area contributed by atoms with Crippen molar-refractivity contribution in [2.45, 2.75) is 64.1 Å². The van der Waals surface area contributed by atoms with Gasteiger partial charge in [0, 0.05) is 11.1 Å². The number of hydrogen-bond donors (Lipinski definition) is 1. The molecule has 1 aromatic heterocycles. The molecule has 2 fully saturated rings. The highest BCUT2D eigenvalue weighted by Gasteiger charge is 2.51. The van der Waals surface area contributed by atoms with Crippen LogP contribution in [0.1, 0.15) is 48.9 Å². The van der Waals surface area contributed by atoms with E-state index in [1.807, 2.05) is 20.0 Å². The van der Waals surface area contributed by atoms with Crippen molar-refractivity contribution in [3.63, 3.8) is 0 Å². The van der Waals surface area contributed by atoms with Crippen LogP contribution < -0.4 is 5.32 Å². The van der Waals surface area contributed by atoms with E-state index < -0.39 is 5.54 Å². The third-order valence-corrected chi connectivity index (χ3v) is 5.45. The standard InChI is InChI=1S/C15H21N3O2S/c1-3-12-13(19)17-15(6-4-5-7-15)14(20)18(12)9-11-8-16-10(2)21-11/h8,12H,3-7,9H2,1-2H3,(H,17,19). The second-order valence-electron chi connectivity index (χ2n) is 5.98. The third kappa shape index (κ3) is 2.46. The summed E-state index contributed by atoms with van der Waals surface area (Å²) < 4.78 is 0. The van der Waals surface area contributed by atoms with Crippen molar-refractivity contribution in [3.8, 4) is 0 Å². The van der Waals surface area contributed by atoms with Crippen LogP contribution in [0.2, 0.25) is 0 Å². The maximum atomic E-state index is 13.0. The molecule has 1 aliphatic carbocycles. The SMILES string of the molecule is CCC1C(=O)NC2(CCCC2)C(=O)N1Cc1cnc(C)s1. The summed E-state index contributed by atoms with van der Waals surface area (Å²) in [5, 5.41) is 4.01. The van der Waals surface area contributed by atoms with Gasteiger partial charge in [-0.2, -0.15) is 0 Å². The summed E-state index contributed by atoms with van der Waals surface area (Å²) in [5.41, 5.74) is -0.636. The van der Waals surface area contributed by atoms with Gasteiger partial charge in [-0.25, -0.2) is 4.98 Å². The van der Waals surface area contributed by atoms with Crippen molar-refractivity contribution < 1.29 is 9.59 Å². The van der Waals surface area contributed by atoms with E-state index in [4.69, 9.17) is 0 Å². The van der Waals surface area contributed by atoms with Gasteiger partial charge in [-0.3, -0.25) is 9.59 Å². The van der Waals surface area contributed by atoms with Crippen LogP contribution in [-0.4, -0.2) is 33.3 Å².